The quantitative estimate of drug-likeness (QED) is 0.286. The second-order valence-corrected chi connectivity index (χ2v) is 4.60. The van der Waals surface area contributed by atoms with E-state index in [0.717, 1.165) is 0 Å². The number of ether oxygens (including phenoxy) is 1. The predicted octanol–water partition coefficient (Wildman–Crippen LogP) is -0.730. The third kappa shape index (κ3) is 2.25. The summed E-state index contributed by atoms with van der Waals surface area (Å²) in [6, 6.07) is 0. The molecule has 12 heteroatoms. The summed E-state index contributed by atoms with van der Waals surface area (Å²) in [4.78, 5) is 18.9. The molecule has 3 rings (SSSR count). The Morgan fingerprint density at radius 3 is 3.00 bits per heavy atom. The van der Waals surface area contributed by atoms with Gasteiger partial charge < -0.3 is 25.5 Å². The fourth-order valence-corrected chi connectivity index (χ4v) is 2.29. The summed E-state index contributed by atoms with van der Waals surface area (Å²) in [6.07, 6.45) is -1.64. The summed E-state index contributed by atoms with van der Waals surface area (Å²) in [5.41, 5.74) is 14.6. The fraction of sp³-hybridized carbons (Fsp3) is 0.500. The molecule has 0 aromatic carbocycles. The van der Waals surface area contributed by atoms with Crippen LogP contribution in [0, 0.1) is 0 Å². The first-order valence-corrected chi connectivity index (χ1v) is 6.24. The Hall–Kier alpha value is -2.66. The maximum atomic E-state index is 10.1. The molecule has 0 saturated carbocycles. The third-order valence-electron chi connectivity index (χ3n) is 3.33. The van der Waals surface area contributed by atoms with E-state index in [1.165, 1.54) is 17.2 Å². The normalized spacial score (nSPS) is 27.7. The van der Waals surface area contributed by atoms with Gasteiger partial charge in [-0.1, -0.05) is 0 Å². The van der Waals surface area contributed by atoms with Gasteiger partial charge in [0, 0.05) is 4.91 Å². The molecule has 4 N–H and O–H groups in total. The molecule has 3 heterocycles. The largest absolute Gasteiger partial charge is 0.431 e. The van der Waals surface area contributed by atoms with Crippen LogP contribution in [-0.4, -0.2) is 54.7 Å². The van der Waals surface area contributed by atoms with Crippen LogP contribution < -0.4 is 5.73 Å². The molecule has 0 aliphatic carbocycles. The minimum Gasteiger partial charge on any atom is -0.431 e. The van der Waals surface area contributed by atoms with E-state index in [-0.39, 0.29) is 12.4 Å². The molecule has 0 amide bonds. The van der Waals surface area contributed by atoms with E-state index in [1.807, 2.05) is 0 Å². The number of hydrogen-bond acceptors (Lipinski definition) is 9. The summed E-state index contributed by atoms with van der Waals surface area (Å²) in [5.74, 6) is 0.194. The first-order valence-electron chi connectivity index (χ1n) is 6.24. The summed E-state index contributed by atoms with van der Waals surface area (Å²) < 4.78 is 6.98. The predicted molar refractivity (Wildman–Crippen MR) is 70.8 cm³/mol. The van der Waals surface area contributed by atoms with Crippen LogP contribution in [0.4, 0.5) is 5.82 Å². The zero-order chi connectivity index (χ0) is 15.7. The number of rotatable bonds is 4. The number of aromatic nitrogens is 4. The molecule has 116 valence electrons. The van der Waals surface area contributed by atoms with E-state index in [9.17, 15) is 10.2 Å². The highest BCUT2D eigenvalue weighted by atomic mass is 16.7. The van der Waals surface area contributed by atoms with Crippen molar-refractivity contribution in [2.45, 2.75) is 24.5 Å². The zero-order valence-electron chi connectivity index (χ0n) is 11.1. The number of nitrogens with two attached hydrogens (primary N) is 1. The van der Waals surface area contributed by atoms with Gasteiger partial charge in [-0.25, -0.2) is 15.0 Å². The molecule has 2 aromatic heterocycles. The average Bonchev–Trinajstić information content (AvgIpc) is 3.05. The smallest absolute Gasteiger partial charge is 0.167 e. The maximum Gasteiger partial charge on any atom is 0.167 e. The van der Waals surface area contributed by atoms with Crippen LogP contribution in [0.25, 0.3) is 21.6 Å². The van der Waals surface area contributed by atoms with Gasteiger partial charge in [0.15, 0.2) is 17.7 Å². The second-order valence-electron chi connectivity index (χ2n) is 4.60. The van der Waals surface area contributed by atoms with Crippen LogP contribution in [0.1, 0.15) is 6.23 Å². The van der Waals surface area contributed by atoms with Crippen molar-refractivity contribution in [3.63, 3.8) is 0 Å². The van der Waals surface area contributed by atoms with Crippen LogP contribution in [-0.2, 0) is 9.57 Å². The Kier molecular flexibility index (Phi) is 3.65. The molecule has 2 aromatic rings. The van der Waals surface area contributed by atoms with Gasteiger partial charge in [-0.05, 0) is 5.53 Å². The number of azide groups is 1. The number of aliphatic hydroxyl groups excluding tert-OH is 2. The SMILES string of the molecule is [N-]=[N+]=NOC[C@H]1O[C@@H](n2cnc3c(N)ncnc32)[C@H](O)[C@@H]1O. The third-order valence-corrected chi connectivity index (χ3v) is 3.33. The molecule has 0 radical (unpaired) electrons. The van der Waals surface area contributed by atoms with Gasteiger partial charge >= 0.3 is 0 Å². The Balaban J connectivity index is 1.87. The number of imidazole rings is 1. The van der Waals surface area contributed by atoms with Crippen molar-refractivity contribution in [3.8, 4) is 0 Å². The highest BCUT2D eigenvalue weighted by molar-refractivity contribution is 5.81. The number of nitrogens with zero attached hydrogens (tertiary/aromatic N) is 7. The monoisotopic (exact) mass is 308 g/mol. The number of fused-ring (bicyclic) bond motifs is 1. The maximum absolute atomic E-state index is 10.1. The number of nitrogen functional groups attached to an aromatic ring is 1. The molecular formula is C10H12N8O4. The molecular weight excluding hydrogens is 296 g/mol. The molecule has 12 nitrogen and oxygen atoms in total. The molecule has 1 aliphatic rings. The van der Waals surface area contributed by atoms with Crippen LogP contribution >= 0.6 is 0 Å². The second kappa shape index (κ2) is 5.61. The zero-order valence-corrected chi connectivity index (χ0v) is 11.1. The van der Waals surface area contributed by atoms with E-state index in [4.69, 9.17) is 16.0 Å². The van der Waals surface area contributed by atoms with Gasteiger partial charge in [0.2, 0.25) is 0 Å². The number of hydrogen-bond donors (Lipinski definition) is 3. The van der Waals surface area contributed by atoms with Crippen molar-refractivity contribution in [3.05, 3.63) is 23.1 Å². The first kappa shape index (κ1) is 14.3. The lowest BCUT2D eigenvalue weighted by atomic mass is 10.1. The Morgan fingerprint density at radius 1 is 1.41 bits per heavy atom. The van der Waals surface area contributed by atoms with Crippen molar-refractivity contribution in [2.75, 3.05) is 12.3 Å². The summed E-state index contributed by atoms with van der Waals surface area (Å²) in [7, 11) is 0. The summed E-state index contributed by atoms with van der Waals surface area (Å²) in [6.45, 7) is -0.206. The Labute approximate surface area is 122 Å². The molecule has 0 spiro atoms. The standard InChI is InChI=1S/C10H12N8O4/c11-8-5-9(14-2-13-8)18(3-15-5)10-7(20)6(19)4(22-10)1-21-17-16-12/h2-4,6-7,10,19-20H,1H2,(H2,11,13,14)/t4-,6-,7-,10-/m1/s1. The van der Waals surface area contributed by atoms with E-state index in [1.54, 1.807) is 0 Å². The van der Waals surface area contributed by atoms with E-state index in [0.29, 0.717) is 11.2 Å². The first-order chi connectivity index (χ1) is 10.6. The highest BCUT2D eigenvalue weighted by Gasteiger charge is 2.44. The molecule has 0 unspecified atom stereocenters. The summed E-state index contributed by atoms with van der Waals surface area (Å²) >= 11 is 0. The molecule has 0 bridgehead atoms. The average molecular weight is 308 g/mol. The fourth-order valence-electron chi connectivity index (χ4n) is 2.29. The lowest BCUT2D eigenvalue weighted by Crippen LogP contribution is -2.33. The van der Waals surface area contributed by atoms with Crippen molar-refractivity contribution < 1.29 is 19.8 Å². The molecule has 1 saturated heterocycles. The topological polar surface area (TPSA) is 177 Å². The van der Waals surface area contributed by atoms with E-state index >= 15 is 0 Å². The van der Waals surface area contributed by atoms with Crippen LogP contribution in [0.15, 0.2) is 17.9 Å². The van der Waals surface area contributed by atoms with Gasteiger partial charge in [-0.15, -0.1) is 0 Å². The Bertz CT molecular complexity index is 729. The minimum absolute atomic E-state index is 0.194. The van der Waals surface area contributed by atoms with Crippen molar-refractivity contribution in [2.24, 2.45) is 5.28 Å². The highest BCUT2D eigenvalue weighted by Crippen LogP contribution is 2.32. The molecule has 4 atom stereocenters. The Morgan fingerprint density at radius 2 is 2.23 bits per heavy atom. The van der Waals surface area contributed by atoms with Gasteiger partial charge in [0.1, 0.15) is 42.0 Å². The van der Waals surface area contributed by atoms with Crippen molar-refractivity contribution >= 4 is 17.0 Å². The van der Waals surface area contributed by atoms with E-state index in [2.05, 4.69) is 30.0 Å². The van der Waals surface area contributed by atoms with Gasteiger partial charge in [-0.2, -0.15) is 0 Å². The molecule has 1 aliphatic heterocycles. The minimum atomic E-state index is -1.24. The summed E-state index contributed by atoms with van der Waals surface area (Å²) in [5, 5.41) is 23.0. The van der Waals surface area contributed by atoms with Crippen LogP contribution in [0.5, 0.6) is 0 Å². The van der Waals surface area contributed by atoms with E-state index < -0.39 is 24.5 Å². The number of anilines is 1. The lowest BCUT2D eigenvalue weighted by Gasteiger charge is -2.16. The van der Waals surface area contributed by atoms with Crippen molar-refractivity contribution in [1.29, 1.82) is 0 Å². The van der Waals surface area contributed by atoms with Gasteiger partial charge in [-0.3, -0.25) is 4.57 Å². The van der Waals surface area contributed by atoms with Crippen LogP contribution in [0.3, 0.4) is 0 Å². The van der Waals surface area contributed by atoms with Gasteiger partial charge in [0.05, 0.1) is 6.33 Å². The molecule has 1 fully saturated rings. The lowest BCUT2D eigenvalue weighted by molar-refractivity contribution is -0.0656. The van der Waals surface area contributed by atoms with Crippen molar-refractivity contribution in [1.82, 2.24) is 19.5 Å². The van der Waals surface area contributed by atoms with Gasteiger partial charge in [0.25, 0.3) is 0 Å². The van der Waals surface area contributed by atoms with Crippen LogP contribution in [0.2, 0.25) is 0 Å². The number of aliphatic hydroxyl groups is 2. The molecule has 22 heavy (non-hydrogen) atoms.